The fourth-order valence-corrected chi connectivity index (χ4v) is 1.69. The minimum absolute atomic E-state index is 0.106. The minimum atomic E-state index is -0.106. The molecule has 0 saturated heterocycles. The van der Waals surface area contributed by atoms with Crippen molar-refractivity contribution >= 4 is 0 Å². The lowest BCUT2D eigenvalue weighted by atomic mass is 10.0. The third-order valence-electron chi connectivity index (χ3n) is 2.69. The molecule has 2 N–H and O–H groups in total. The number of nitrogens with two attached hydrogens (primary N) is 1. The highest BCUT2D eigenvalue weighted by Gasteiger charge is 2.25. The SMILES string of the molecule is CC(C)C[C@H](N)c1nc(CC2CC2)no1. The molecule has 0 spiro atoms. The van der Waals surface area contributed by atoms with E-state index in [1.807, 2.05) is 0 Å². The highest BCUT2D eigenvalue weighted by atomic mass is 16.5. The average Bonchev–Trinajstić information content (AvgIpc) is 2.80. The second-order valence-electron chi connectivity index (χ2n) is 4.93. The van der Waals surface area contributed by atoms with Crippen molar-refractivity contribution < 1.29 is 4.52 Å². The van der Waals surface area contributed by atoms with Gasteiger partial charge in [0.1, 0.15) is 0 Å². The molecular weight excluding hydrogens is 190 g/mol. The Bertz CT molecular complexity index is 317. The minimum Gasteiger partial charge on any atom is -0.338 e. The molecule has 1 heterocycles. The molecule has 4 heteroatoms. The summed E-state index contributed by atoms with van der Waals surface area (Å²) in [5, 5.41) is 3.96. The quantitative estimate of drug-likeness (QED) is 0.806. The van der Waals surface area contributed by atoms with Crippen LogP contribution in [0.25, 0.3) is 0 Å². The first-order valence-corrected chi connectivity index (χ1v) is 5.73. The lowest BCUT2D eigenvalue weighted by Crippen LogP contribution is -2.13. The molecule has 0 aromatic carbocycles. The van der Waals surface area contributed by atoms with Crippen molar-refractivity contribution in [1.29, 1.82) is 0 Å². The second kappa shape index (κ2) is 4.31. The highest BCUT2D eigenvalue weighted by Crippen LogP contribution is 2.32. The van der Waals surface area contributed by atoms with Crippen molar-refractivity contribution in [3.8, 4) is 0 Å². The molecule has 84 valence electrons. The first-order valence-electron chi connectivity index (χ1n) is 5.73. The Balaban J connectivity index is 1.92. The Morgan fingerprint density at radius 1 is 1.47 bits per heavy atom. The number of hydrogen-bond acceptors (Lipinski definition) is 4. The maximum Gasteiger partial charge on any atom is 0.243 e. The smallest absolute Gasteiger partial charge is 0.243 e. The highest BCUT2D eigenvalue weighted by molar-refractivity contribution is 4.95. The summed E-state index contributed by atoms with van der Waals surface area (Å²) in [6, 6.07) is -0.106. The molecule has 0 radical (unpaired) electrons. The van der Waals surface area contributed by atoms with Gasteiger partial charge in [0.05, 0.1) is 6.04 Å². The molecule has 0 amide bonds. The Kier molecular flexibility index (Phi) is 3.05. The summed E-state index contributed by atoms with van der Waals surface area (Å²) < 4.78 is 5.17. The molecule has 1 aliphatic carbocycles. The van der Waals surface area contributed by atoms with Crippen LogP contribution in [0, 0.1) is 11.8 Å². The molecule has 15 heavy (non-hydrogen) atoms. The lowest BCUT2D eigenvalue weighted by Gasteiger charge is -2.08. The first kappa shape index (κ1) is 10.6. The number of aromatic nitrogens is 2. The molecule has 1 atom stereocenters. The fraction of sp³-hybridized carbons (Fsp3) is 0.818. The second-order valence-corrected chi connectivity index (χ2v) is 4.93. The maximum atomic E-state index is 5.96. The molecule has 1 aromatic rings. The van der Waals surface area contributed by atoms with Crippen LogP contribution in [0.5, 0.6) is 0 Å². The zero-order valence-electron chi connectivity index (χ0n) is 9.44. The summed E-state index contributed by atoms with van der Waals surface area (Å²) >= 11 is 0. The third kappa shape index (κ3) is 3.02. The van der Waals surface area contributed by atoms with E-state index in [2.05, 4.69) is 24.0 Å². The number of hydrogen-bond donors (Lipinski definition) is 1. The van der Waals surface area contributed by atoms with Gasteiger partial charge in [-0.05, 0) is 31.1 Å². The fourth-order valence-electron chi connectivity index (χ4n) is 1.69. The largest absolute Gasteiger partial charge is 0.338 e. The van der Waals surface area contributed by atoms with Crippen molar-refractivity contribution in [2.75, 3.05) is 0 Å². The van der Waals surface area contributed by atoms with Gasteiger partial charge in [0.25, 0.3) is 0 Å². The monoisotopic (exact) mass is 209 g/mol. The van der Waals surface area contributed by atoms with Crippen LogP contribution in [0.2, 0.25) is 0 Å². The van der Waals surface area contributed by atoms with Crippen LogP contribution in [-0.4, -0.2) is 10.1 Å². The molecular formula is C11H19N3O. The summed E-state index contributed by atoms with van der Waals surface area (Å²) in [7, 11) is 0. The lowest BCUT2D eigenvalue weighted by molar-refractivity contribution is 0.332. The summed E-state index contributed by atoms with van der Waals surface area (Å²) in [6.45, 7) is 4.28. The van der Waals surface area contributed by atoms with E-state index in [1.54, 1.807) is 0 Å². The molecule has 2 rings (SSSR count). The van der Waals surface area contributed by atoms with Gasteiger partial charge in [-0.25, -0.2) is 0 Å². The average molecular weight is 209 g/mol. The zero-order valence-corrected chi connectivity index (χ0v) is 9.44. The molecule has 0 unspecified atom stereocenters. The molecule has 0 bridgehead atoms. The molecule has 4 nitrogen and oxygen atoms in total. The van der Waals surface area contributed by atoms with E-state index in [0.717, 1.165) is 24.6 Å². The van der Waals surface area contributed by atoms with Gasteiger partial charge in [0.15, 0.2) is 5.82 Å². The van der Waals surface area contributed by atoms with Crippen LogP contribution in [-0.2, 0) is 6.42 Å². The van der Waals surface area contributed by atoms with Crippen LogP contribution in [0.15, 0.2) is 4.52 Å². The molecule has 1 fully saturated rings. The van der Waals surface area contributed by atoms with Crippen LogP contribution in [0.1, 0.15) is 50.9 Å². The maximum absolute atomic E-state index is 5.96. The van der Waals surface area contributed by atoms with Gasteiger partial charge in [-0.2, -0.15) is 4.98 Å². The van der Waals surface area contributed by atoms with Gasteiger partial charge in [-0.15, -0.1) is 0 Å². The van der Waals surface area contributed by atoms with E-state index in [0.29, 0.717) is 11.8 Å². The van der Waals surface area contributed by atoms with Crippen LogP contribution in [0.3, 0.4) is 0 Å². The Morgan fingerprint density at radius 2 is 2.20 bits per heavy atom. The summed E-state index contributed by atoms with van der Waals surface area (Å²) in [4.78, 5) is 4.34. The van der Waals surface area contributed by atoms with Gasteiger partial charge >= 0.3 is 0 Å². The predicted molar refractivity (Wildman–Crippen MR) is 57.1 cm³/mol. The van der Waals surface area contributed by atoms with Crippen molar-refractivity contribution in [2.45, 2.75) is 45.6 Å². The summed E-state index contributed by atoms with van der Waals surface area (Å²) in [6.07, 6.45) is 4.47. The van der Waals surface area contributed by atoms with Gasteiger partial charge in [-0.3, -0.25) is 0 Å². The van der Waals surface area contributed by atoms with E-state index in [-0.39, 0.29) is 6.04 Å². The van der Waals surface area contributed by atoms with E-state index in [4.69, 9.17) is 10.3 Å². The summed E-state index contributed by atoms with van der Waals surface area (Å²) in [5.74, 6) is 2.77. The van der Waals surface area contributed by atoms with E-state index >= 15 is 0 Å². The zero-order chi connectivity index (χ0) is 10.8. The topological polar surface area (TPSA) is 64.9 Å². The van der Waals surface area contributed by atoms with Crippen LogP contribution < -0.4 is 5.73 Å². The van der Waals surface area contributed by atoms with Crippen molar-refractivity contribution in [2.24, 2.45) is 17.6 Å². The van der Waals surface area contributed by atoms with Gasteiger partial charge in [-0.1, -0.05) is 19.0 Å². The summed E-state index contributed by atoms with van der Waals surface area (Å²) in [5.41, 5.74) is 5.96. The van der Waals surface area contributed by atoms with E-state index < -0.39 is 0 Å². The molecule has 1 aliphatic rings. The van der Waals surface area contributed by atoms with E-state index in [1.165, 1.54) is 12.8 Å². The van der Waals surface area contributed by atoms with Gasteiger partial charge < -0.3 is 10.3 Å². The Morgan fingerprint density at radius 3 is 2.80 bits per heavy atom. The van der Waals surface area contributed by atoms with Crippen molar-refractivity contribution in [1.82, 2.24) is 10.1 Å². The van der Waals surface area contributed by atoms with Gasteiger partial charge in [0, 0.05) is 6.42 Å². The van der Waals surface area contributed by atoms with Crippen molar-refractivity contribution in [3.05, 3.63) is 11.7 Å². The molecule has 0 aliphatic heterocycles. The third-order valence-corrected chi connectivity index (χ3v) is 2.69. The molecule has 1 aromatic heterocycles. The number of nitrogens with zero attached hydrogens (tertiary/aromatic N) is 2. The number of rotatable bonds is 5. The Hall–Kier alpha value is -0.900. The normalized spacial score (nSPS) is 18.4. The van der Waals surface area contributed by atoms with E-state index in [9.17, 15) is 0 Å². The first-order chi connectivity index (χ1) is 7.15. The van der Waals surface area contributed by atoms with Gasteiger partial charge in [0.2, 0.25) is 5.89 Å². The standard InChI is InChI=1S/C11H19N3O/c1-7(2)5-9(12)11-13-10(14-15-11)6-8-3-4-8/h7-9H,3-6,12H2,1-2H3/t9-/m0/s1. The molecule has 1 saturated carbocycles. The Labute approximate surface area is 90.2 Å². The van der Waals surface area contributed by atoms with Crippen LogP contribution in [0.4, 0.5) is 0 Å². The van der Waals surface area contributed by atoms with Crippen molar-refractivity contribution in [3.63, 3.8) is 0 Å². The predicted octanol–water partition coefficient (Wildman–Crippen LogP) is 2.07. The van der Waals surface area contributed by atoms with Crippen LogP contribution >= 0.6 is 0 Å².